The molecule has 0 fully saturated rings. The molecular formula is C22H35F5O3Si. The fraction of sp³-hybridized carbons (Fsp3) is 0.727. The van der Waals surface area contributed by atoms with Gasteiger partial charge in [0.1, 0.15) is 0 Å². The van der Waals surface area contributed by atoms with Gasteiger partial charge in [0, 0.05) is 31.4 Å². The molecule has 0 saturated carbocycles. The SMILES string of the molecule is CCCO[Si](CCCCCCCc1c(F)c(F)c(F)c(F)c1F)(OCCC)OCCC. The molecule has 0 aliphatic carbocycles. The van der Waals surface area contributed by atoms with Gasteiger partial charge in [-0.2, -0.15) is 0 Å². The molecule has 1 rings (SSSR count). The predicted molar refractivity (Wildman–Crippen MR) is 112 cm³/mol. The van der Waals surface area contributed by atoms with E-state index in [0.717, 1.165) is 38.5 Å². The molecular weight excluding hydrogens is 435 g/mol. The Balaban J connectivity index is 2.50. The molecule has 3 nitrogen and oxygen atoms in total. The van der Waals surface area contributed by atoms with Crippen LogP contribution in [0.5, 0.6) is 0 Å². The highest BCUT2D eigenvalue weighted by molar-refractivity contribution is 6.60. The van der Waals surface area contributed by atoms with E-state index in [4.69, 9.17) is 13.3 Å². The van der Waals surface area contributed by atoms with Gasteiger partial charge in [-0.1, -0.05) is 40.0 Å². The fourth-order valence-electron chi connectivity index (χ4n) is 3.16. The van der Waals surface area contributed by atoms with E-state index >= 15 is 0 Å². The van der Waals surface area contributed by atoms with E-state index in [-0.39, 0.29) is 6.42 Å². The summed E-state index contributed by atoms with van der Waals surface area (Å²) < 4.78 is 85.2. The van der Waals surface area contributed by atoms with Crippen LogP contribution in [-0.4, -0.2) is 28.6 Å². The van der Waals surface area contributed by atoms with Crippen LogP contribution in [0.4, 0.5) is 22.0 Å². The lowest BCUT2D eigenvalue weighted by atomic mass is 10.0. The van der Waals surface area contributed by atoms with E-state index in [9.17, 15) is 22.0 Å². The second kappa shape index (κ2) is 14.9. The van der Waals surface area contributed by atoms with Crippen LogP contribution >= 0.6 is 0 Å². The molecule has 0 amide bonds. The molecule has 9 heteroatoms. The third-order valence-electron chi connectivity index (χ3n) is 4.79. The average molecular weight is 471 g/mol. The molecule has 0 bridgehead atoms. The zero-order chi connectivity index (χ0) is 23.3. The molecule has 0 aromatic heterocycles. The van der Waals surface area contributed by atoms with Gasteiger partial charge in [0.15, 0.2) is 23.3 Å². The zero-order valence-electron chi connectivity index (χ0n) is 18.8. The Morgan fingerprint density at radius 1 is 0.548 bits per heavy atom. The van der Waals surface area contributed by atoms with Gasteiger partial charge < -0.3 is 13.3 Å². The van der Waals surface area contributed by atoms with Crippen molar-refractivity contribution in [1.82, 2.24) is 0 Å². The molecule has 1 aromatic carbocycles. The fourth-order valence-corrected chi connectivity index (χ4v) is 6.07. The molecule has 0 atom stereocenters. The number of unbranched alkanes of at least 4 members (excludes halogenated alkanes) is 4. The number of benzene rings is 1. The van der Waals surface area contributed by atoms with E-state index in [0.29, 0.717) is 38.7 Å². The first-order chi connectivity index (χ1) is 14.8. The lowest BCUT2D eigenvalue weighted by Crippen LogP contribution is -2.46. The van der Waals surface area contributed by atoms with Gasteiger partial charge in [0.25, 0.3) is 0 Å². The van der Waals surface area contributed by atoms with Gasteiger partial charge in [-0.25, -0.2) is 22.0 Å². The zero-order valence-corrected chi connectivity index (χ0v) is 19.8. The van der Waals surface area contributed by atoms with Crippen molar-refractivity contribution < 1.29 is 35.2 Å². The minimum absolute atomic E-state index is 0.191. The molecule has 0 radical (unpaired) electrons. The van der Waals surface area contributed by atoms with Crippen molar-refractivity contribution in [3.63, 3.8) is 0 Å². The summed E-state index contributed by atoms with van der Waals surface area (Å²) in [6, 6.07) is 0.699. The van der Waals surface area contributed by atoms with Crippen LogP contribution in [0.3, 0.4) is 0 Å². The van der Waals surface area contributed by atoms with Crippen LogP contribution < -0.4 is 0 Å². The second-order valence-electron chi connectivity index (χ2n) is 7.54. The largest absolute Gasteiger partial charge is 0.500 e. The summed E-state index contributed by atoms with van der Waals surface area (Å²) in [7, 11) is -2.73. The van der Waals surface area contributed by atoms with E-state index in [1.54, 1.807) is 0 Å². The molecule has 0 spiro atoms. The molecule has 0 aliphatic rings. The Hall–Kier alpha value is -1.03. The summed E-state index contributed by atoms with van der Waals surface area (Å²) in [5.74, 6) is -9.36. The molecule has 0 saturated heterocycles. The maximum Gasteiger partial charge on any atom is 0.500 e. The summed E-state index contributed by atoms with van der Waals surface area (Å²) >= 11 is 0. The van der Waals surface area contributed by atoms with Crippen molar-refractivity contribution in [3.05, 3.63) is 34.6 Å². The number of halogens is 5. The highest BCUT2D eigenvalue weighted by atomic mass is 28.4. The van der Waals surface area contributed by atoms with E-state index in [2.05, 4.69) is 0 Å². The van der Waals surface area contributed by atoms with Gasteiger partial charge in [-0.05, 0) is 38.5 Å². The number of hydrogen-bond donors (Lipinski definition) is 0. The van der Waals surface area contributed by atoms with Crippen molar-refractivity contribution in [2.24, 2.45) is 0 Å². The van der Waals surface area contributed by atoms with Gasteiger partial charge in [-0.3, -0.25) is 0 Å². The number of hydrogen-bond acceptors (Lipinski definition) is 3. The lowest BCUT2D eigenvalue weighted by Gasteiger charge is -2.29. The predicted octanol–water partition coefficient (Wildman–Crippen LogP) is 7.09. The van der Waals surface area contributed by atoms with Crippen molar-refractivity contribution >= 4 is 8.80 Å². The topological polar surface area (TPSA) is 27.7 Å². The average Bonchev–Trinajstić information content (AvgIpc) is 2.78. The van der Waals surface area contributed by atoms with Crippen LogP contribution in [0, 0.1) is 29.1 Å². The molecule has 0 N–H and O–H groups in total. The summed E-state index contributed by atoms with van der Waals surface area (Å²) in [5, 5.41) is 0. The molecule has 180 valence electrons. The highest BCUT2D eigenvalue weighted by Gasteiger charge is 2.40. The van der Waals surface area contributed by atoms with Gasteiger partial charge in [0.05, 0.1) is 0 Å². The Kier molecular flexibility index (Phi) is 13.5. The van der Waals surface area contributed by atoms with Crippen molar-refractivity contribution in [3.8, 4) is 0 Å². The summed E-state index contributed by atoms with van der Waals surface area (Å²) in [4.78, 5) is 0. The minimum Gasteiger partial charge on any atom is -0.373 e. The molecule has 31 heavy (non-hydrogen) atoms. The van der Waals surface area contributed by atoms with Crippen LogP contribution in [0.25, 0.3) is 0 Å². The van der Waals surface area contributed by atoms with E-state index in [1.807, 2.05) is 20.8 Å². The van der Waals surface area contributed by atoms with Crippen molar-refractivity contribution in [2.45, 2.75) is 84.6 Å². The third-order valence-corrected chi connectivity index (χ3v) is 7.69. The van der Waals surface area contributed by atoms with Gasteiger partial charge in [-0.15, -0.1) is 0 Å². The van der Waals surface area contributed by atoms with Crippen molar-refractivity contribution in [1.29, 1.82) is 0 Å². The first-order valence-electron chi connectivity index (χ1n) is 11.3. The van der Waals surface area contributed by atoms with Crippen molar-refractivity contribution in [2.75, 3.05) is 19.8 Å². The molecule has 0 aliphatic heterocycles. The monoisotopic (exact) mass is 470 g/mol. The maximum absolute atomic E-state index is 13.7. The maximum atomic E-state index is 13.7. The second-order valence-corrected chi connectivity index (χ2v) is 10.3. The lowest BCUT2D eigenvalue weighted by molar-refractivity contribution is 0.0586. The Morgan fingerprint density at radius 2 is 0.935 bits per heavy atom. The number of rotatable bonds is 17. The first kappa shape index (κ1) is 28.0. The van der Waals surface area contributed by atoms with Crippen LogP contribution in [0.1, 0.15) is 77.7 Å². The standard InChI is InChI=1S/C22H35F5O3Si/c1-4-13-28-31(29-14-5-2,30-15-6-3)16-11-9-7-8-10-12-17-18(23)20(25)22(27)21(26)19(17)24/h4-16H2,1-3H3. The molecule has 0 unspecified atom stereocenters. The summed E-state index contributed by atoms with van der Waals surface area (Å²) in [6.45, 7) is 7.85. The van der Waals surface area contributed by atoms with Gasteiger partial charge in [0.2, 0.25) is 5.82 Å². The smallest absolute Gasteiger partial charge is 0.373 e. The van der Waals surface area contributed by atoms with Crippen LogP contribution in [-0.2, 0) is 19.7 Å². The van der Waals surface area contributed by atoms with E-state index in [1.165, 1.54) is 0 Å². The van der Waals surface area contributed by atoms with Crippen LogP contribution in [0.2, 0.25) is 6.04 Å². The first-order valence-corrected chi connectivity index (χ1v) is 13.2. The summed E-state index contributed by atoms with van der Waals surface area (Å²) in [6.07, 6.45) is 5.82. The normalized spacial score (nSPS) is 12.0. The Labute approximate surface area is 183 Å². The minimum atomic E-state index is -2.73. The van der Waals surface area contributed by atoms with E-state index < -0.39 is 43.5 Å². The van der Waals surface area contributed by atoms with Crippen LogP contribution in [0.15, 0.2) is 0 Å². The third kappa shape index (κ3) is 8.79. The Morgan fingerprint density at radius 3 is 1.39 bits per heavy atom. The van der Waals surface area contributed by atoms with Gasteiger partial charge >= 0.3 is 8.80 Å². The Bertz CT molecular complexity index is 610. The quantitative estimate of drug-likeness (QED) is 0.0799. The molecule has 1 aromatic rings. The molecule has 0 heterocycles. The highest BCUT2D eigenvalue weighted by Crippen LogP contribution is 2.25. The summed E-state index contributed by atoms with van der Waals surface area (Å²) in [5.41, 5.74) is -0.739.